The zero-order valence-corrected chi connectivity index (χ0v) is 19.1. The fourth-order valence-corrected chi connectivity index (χ4v) is 5.01. The van der Waals surface area contributed by atoms with Crippen molar-refractivity contribution in [3.63, 3.8) is 0 Å². The molecule has 178 valence electrons. The van der Waals surface area contributed by atoms with E-state index < -0.39 is 5.97 Å². The van der Waals surface area contributed by atoms with Gasteiger partial charge in [-0.2, -0.15) is 0 Å². The number of carbonyl (C=O) groups excluding carboxylic acids is 1. The SMILES string of the molecule is Cc1nc2cccc(OC3CCC(NC(=O)COC4CCCCC4)CC3)c2c(N)c1C(=O)O. The van der Waals surface area contributed by atoms with Crippen molar-refractivity contribution in [3.8, 4) is 5.75 Å². The van der Waals surface area contributed by atoms with Gasteiger partial charge in [0.1, 0.15) is 17.9 Å². The highest BCUT2D eigenvalue weighted by Crippen LogP contribution is 2.35. The molecule has 2 saturated carbocycles. The molecule has 2 aliphatic rings. The molecule has 1 aromatic carbocycles. The second kappa shape index (κ2) is 10.4. The number of hydrogen-bond acceptors (Lipinski definition) is 6. The number of fused-ring (bicyclic) bond motifs is 1. The van der Waals surface area contributed by atoms with E-state index >= 15 is 0 Å². The number of nitrogens with two attached hydrogens (primary N) is 1. The standard InChI is InChI=1S/C25H33N3O5/c1-15-22(25(30)31)24(26)23-19(27-15)8-5-9-20(23)33-18-12-10-16(11-13-18)28-21(29)14-32-17-6-3-2-4-7-17/h5,8-9,16-18H,2-4,6-7,10-14H2,1H3,(H2,26,27)(H,28,29)(H,30,31). The number of carboxylic acid groups (broad SMARTS) is 1. The van der Waals surface area contributed by atoms with Crippen molar-refractivity contribution in [2.75, 3.05) is 12.3 Å². The van der Waals surface area contributed by atoms with Crippen molar-refractivity contribution in [1.82, 2.24) is 10.3 Å². The van der Waals surface area contributed by atoms with Crippen LogP contribution in [-0.4, -0.2) is 46.8 Å². The molecule has 33 heavy (non-hydrogen) atoms. The predicted molar refractivity (Wildman–Crippen MR) is 125 cm³/mol. The summed E-state index contributed by atoms with van der Waals surface area (Å²) in [4.78, 5) is 28.3. The molecule has 8 nitrogen and oxygen atoms in total. The van der Waals surface area contributed by atoms with Gasteiger partial charge in [-0.3, -0.25) is 9.78 Å². The molecule has 1 aromatic heterocycles. The molecule has 0 spiro atoms. The van der Waals surface area contributed by atoms with Crippen LogP contribution in [0, 0.1) is 6.92 Å². The molecule has 8 heteroatoms. The lowest BCUT2D eigenvalue weighted by atomic mass is 9.92. The van der Waals surface area contributed by atoms with Crippen molar-refractivity contribution < 1.29 is 24.2 Å². The summed E-state index contributed by atoms with van der Waals surface area (Å²) < 4.78 is 12.0. The van der Waals surface area contributed by atoms with Crippen LogP contribution in [-0.2, 0) is 9.53 Å². The number of ether oxygens (including phenoxy) is 2. The van der Waals surface area contributed by atoms with Gasteiger partial charge in [0.25, 0.3) is 0 Å². The van der Waals surface area contributed by atoms with Crippen molar-refractivity contribution in [1.29, 1.82) is 0 Å². The average molecular weight is 456 g/mol. The van der Waals surface area contributed by atoms with Crippen LogP contribution in [0.25, 0.3) is 10.9 Å². The minimum absolute atomic E-state index is 0.0143. The quantitative estimate of drug-likeness (QED) is 0.577. The van der Waals surface area contributed by atoms with Crippen LogP contribution in [0.1, 0.15) is 73.8 Å². The van der Waals surface area contributed by atoms with E-state index in [2.05, 4.69) is 10.3 Å². The van der Waals surface area contributed by atoms with E-state index in [0.717, 1.165) is 38.5 Å². The third kappa shape index (κ3) is 5.55. The van der Waals surface area contributed by atoms with Crippen LogP contribution in [0.5, 0.6) is 5.75 Å². The molecule has 2 fully saturated rings. The molecule has 1 amide bonds. The zero-order valence-electron chi connectivity index (χ0n) is 19.1. The van der Waals surface area contributed by atoms with Gasteiger partial charge in [-0.15, -0.1) is 0 Å². The molecule has 0 unspecified atom stereocenters. The van der Waals surface area contributed by atoms with Crippen LogP contribution >= 0.6 is 0 Å². The van der Waals surface area contributed by atoms with Crippen LogP contribution in [0.15, 0.2) is 18.2 Å². The minimum atomic E-state index is -1.10. The van der Waals surface area contributed by atoms with Gasteiger partial charge in [0.15, 0.2) is 0 Å². The molecule has 2 aliphatic carbocycles. The largest absolute Gasteiger partial charge is 0.490 e. The number of aryl methyl sites for hydroxylation is 1. The second-order valence-electron chi connectivity index (χ2n) is 9.17. The van der Waals surface area contributed by atoms with Gasteiger partial charge in [0.2, 0.25) is 5.91 Å². The Labute approximate surface area is 193 Å². The summed E-state index contributed by atoms with van der Waals surface area (Å²) >= 11 is 0. The summed E-state index contributed by atoms with van der Waals surface area (Å²) in [6.07, 6.45) is 9.14. The molecule has 4 N–H and O–H groups in total. The van der Waals surface area contributed by atoms with Gasteiger partial charge in [-0.1, -0.05) is 25.3 Å². The number of benzene rings is 1. The molecule has 0 atom stereocenters. The first-order valence-corrected chi connectivity index (χ1v) is 11.9. The number of nitrogen functional groups attached to an aromatic ring is 1. The Morgan fingerprint density at radius 3 is 2.52 bits per heavy atom. The maximum Gasteiger partial charge on any atom is 0.339 e. The van der Waals surface area contributed by atoms with Gasteiger partial charge in [0.05, 0.1) is 34.5 Å². The highest BCUT2D eigenvalue weighted by molar-refractivity contribution is 6.06. The first-order valence-electron chi connectivity index (χ1n) is 11.9. The summed E-state index contributed by atoms with van der Waals surface area (Å²) in [5.74, 6) is -0.597. The maximum atomic E-state index is 12.3. The zero-order chi connectivity index (χ0) is 23.4. The van der Waals surface area contributed by atoms with Crippen molar-refractivity contribution in [3.05, 3.63) is 29.5 Å². The van der Waals surface area contributed by atoms with E-state index in [-0.39, 0.29) is 42.0 Å². The minimum Gasteiger partial charge on any atom is -0.490 e. The molecule has 0 aliphatic heterocycles. The van der Waals surface area contributed by atoms with E-state index in [9.17, 15) is 14.7 Å². The van der Waals surface area contributed by atoms with Crippen molar-refractivity contribution in [2.45, 2.75) is 83.0 Å². The third-order valence-electron chi connectivity index (χ3n) is 6.74. The molecule has 4 rings (SSSR count). The van der Waals surface area contributed by atoms with E-state index in [0.29, 0.717) is 22.3 Å². The summed E-state index contributed by atoms with van der Waals surface area (Å²) in [7, 11) is 0. The maximum absolute atomic E-state index is 12.3. The van der Waals surface area contributed by atoms with E-state index in [1.807, 2.05) is 6.07 Å². The number of amides is 1. The lowest BCUT2D eigenvalue weighted by Crippen LogP contribution is -2.41. The van der Waals surface area contributed by atoms with Gasteiger partial charge in [-0.25, -0.2) is 4.79 Å². The number of aromatic carboxylic acids is 1. The molecule has 1 heterocycles. The monoisotopic (exact) mass is 455 g/mol. The van der Waals surface area contributed by atoms with Gasteiger partial charge in [-0.05, 0) is 57.6 Å². The smallest absolute Gasteiger partial charge is 0.339 e. The Bertz CT molecular complexity index is 1010. The molecule has 0 radical (unpaired) electrons. The summed E-state index contributed by atoms with van der Waals surface area (Å²) in [6.45, 7) is 1.78. The van der Waals surface area contributed by atoms with E-state index in [1.165, 1.54) is 19.3 Å². The fourth-order valence-electron chi connectivity index (χ4n) is 5.01. The summed E-state index contributed by atoms with van der Waals surface area (Å²) in [5.41, 5.74) is 7.42. The number of nitrogens with one attached hydrogen (secondary N) is 1. The number of anilines is 1. The van der Waals surface area contributed by atoms with E-state index in [4.69, 9.17) is 15.2 Å². The molecule has 2 aromatic rings. The number of aromatic nitrogens is 1. The highest BCUT2D eigenvalue weighted by Gasteiger charge is 2.26. The Morgan fingerprint density at radius 2 is 1.82 bits per heavy atom. The van der Waals surface area contributed by atoms with Crippen LogP contribution in [0.2, 0.25) is 0 Å². The first kappa shape index (κ1) is 23.3. The van der Waals surface area contributed by atoms with Gasteiger partial charge in [0, 0.05) is 6.04 Å². The summed E-state index contributed by atoms with van der Waals surface area (Å²) in [5, 5.41) is 13.2. The Morgan fingerprint density at radius 1 is 1.09 bits per heavy atom. The average Bonchev–Trinajstić information content (AvgIpc) is 2.79. The van der Waals surface area contributed by atoms with Crippen LogP contribution in [0.4, 0.5) is 5.69 Å². The summed E-state index contributed by atoms with van der Waals surface area (Å²) in [6, 6.07) is 5.56. The number of nitrogens with zero attached hydrogens (tertiary/aromatic N) is 1. The number of carbonyl (C=O) groups is 2. The Kier molecular flexibility index (Phi) is 7.33. The van der Waals surface area contributed by atoms with Crippen LogP contribution < -0.4 is 15.8 Å². The second-order valence-corrected chi connectivity index (χ2v) is 9.17. The Balaban J connectivity index is 1.33. The van der Waals surface area contributed by atoms with Gasteiger partial charge >= 0.3 is 5.97 Å². The normalized spacial score (nSPS) is 21.6. The molecular weight excluding hydrogens is 422 g/mol. The fraction of sp³-hybridized carbons (Fsp3) is 0.560. The number of rotatable bonds is 7. The third-order valence-corrected chi connectivity index (χ3v) is 6.74. The van der Waals surface area contributed by atoms with Crippen molar-refractivity contribution in [2.24, 2.45) is 0 Å². The molecular formula is C25H33N3O5. The number of pyridine rings is 1. The molecule has 0 bridgehead atoms. The van der Waals surface area contributed by atoms with E-state index in [1.54, 1.807) is 19.1 Å². The number of carboxylic acids is 1. The molecule has 0 saturated heterocycles. The lowest BCUT2D eigenvalue weighted by molar-refractivity contribution is -0.129. The lowest BCUT2D eigenvalue weighted by Gasteiger charge is -2.30. The highest BCUT2D eigenvalue weighted by atomic mass is 16.5. The predicted octanol–water partition coefficient (Wildman–Crippen LogP) is 3.98. The van der Waals surface area contributed by atoms with Crippen LogP contribution in [0.3, 0.4) is 0 Å². The Hall–Kier alpha value is -2.87. The van der Waals surface area contributed by atoms with Crippen molar-refractivity contribution >= 4 is 28.5 Å². The first-order chi connectivity index (χ1) is 15.9. The van der Waals surface area contributed by atoms with Gasteiger partial charge < -0.3 is 25.6 Å². The number of hydrogen-bond donors (Lipinski definition) is 3. The topological polar surface area (TPSA) is 124 Å².